The molecule has 0 saturated carbocycles. The van der Waals surface area contributed by atoms with Gasteiger partial charge in [-0.15, -0.1) is 0 Å². The normalized spacial score (nSPS) is 16.6. The number of rotatable bonds is 10. The van der Waals surface area contributed by atoms with E-state index in [-0.39, 0.29) is 33.9 Å². The number of anilines is 1. The van der Waals surface area contributed by atoms with Crippen LogP contribution < -0.4 is 9.64 Å². The summed E-state index contributed by atoms with van der Waals surface area (Å²) in [5.41, 5.74) is 0.861. The van der Waals surface area contributed by atoms with Crippen molar-refractivity contribution in [2.75, 3.05) is 18.1 Å². The van der Waals surface area contributed by atoms with Gasteiger partial charge >= 0.3 is 11.9 Å². The highest BCUT2D eigenvalue weighted by molar-refractivity contribution is 7.17. The fourth-order valence-electron chi connectivity index (χ4n) is 4.17. The van der Waals surface area contributed by atoms with Crippen LogP contribution in [-0.4, -0.2) is 41.0 Å². The molecule has 1 amide bonds. The molecule has 1 N–H and O–H groups in total. The molecule has 0 bridgehead atoms. The molecule has 4 rings (SSSR count). The number of ether oxygens (including phenoxy) is 2. The number of halogens is 1. The van der Waals surface area contributed by atoms with Crippen LogP contribution in [0.25, 0.3) is 5.76 Å². The quantitative estimate of drug-likeness (QED) is 0.102. The summed E-state index contributed by atoms with van der Waals surface area (Å²) in [6.07, 6.45) is 1.89. The SMILES string of the molecule is CCCCOc1ccc(C(O)=C2C(=O)C(=O)N(c3nc(C)c(C(=O)OCC(C)C)s3)C2c2ccc(F)cc2)cc1. The van der Waals surface area contributed by atoms with E-state index in [0.717, 1.165) is 29.1 Å². The average molecular weight is 567 g/mol. The van der Waals surface area contributed by atoms with E-state index in [1.807, 2.05) is 13.8 Å². The summed E-state index contributed by atoms with van der Waals surface area (Å²) in [5, 5.41) is 11.4. The number of aliphatic hydroxyl groups is 1. The lowest BCUT2D eigenvalue weighted by molar-refractivity contribution is -0.132. The second-order valence-electron chi connectivity index (χ2n) is 9.85. The molecule has 2 heterocycles. The summed E-state index contributed by atoms with van der Waals surface area (Å²) in [6.45, 7) is 8.26. The zero-order valence-electron chi connectivity index (χ0n) is 22.8. The Morgan fingerprint density at radius 3 is 2.42 bits per heavy atom. The van der Waals surface area contributed by atoms with Gasteiger partial charge in [-0.1, -0.05) is 50.7 Å². The zero-order valence-corrected chi connectivity index (χ0v) is 23.6. The van der Waals surface area contributed by atoms with Crippen LogP contribution in [0.2, 0.25) is 0 Å². The van der Waals surface area contributed by atoms with E-state index in [9.17, 15) is 23.9 Å². The first-order valence-corrected chi connectivity index (χ1v) is 13.9. The second kappa shape index (κ2) is 12.4. The van der Waals surface area contributed by atoms with Crippen LogP contribution in [0, 0.1) is 18.7 Å². The maximum absolute atomic E-state index is 13.8. The maximum Gasteiger partial charge on any atom is 0.350 e. The summed E-state index contributed by atoms with van der Waals surface area (Å²) in [5.74, 6) is -2.58. The molecule has 1 aliphatic rings. The monoisotopic (exact) mass is 566 g/mol. The van der Waals surface area contributed by atoms with Gasteiger partial charge < -0.3 is 14.6 Å². The zero-order chi connectivity index (χ0) is 29.0. The Balaban J connectivity index is 1.77. The minimum atomic E-state index is -1.11. The van der Waals surface area contributed by atoms with Gasteiger partial charge in [0.15, 0.2) is 5.13 Å². The molecule has 2 aromatic carbocycles. The predicted molar refractivity (Wildman–Crippen MR) is 150 cm³/mol. The summed E-state index contributed by atoms with van der Waals surface area (Å²) in [6, 6.07) is 10.7. The minimum Gasteiger partial charge on any atom is -0.507 e. The lowest BCUT2D eigenvalue weighted by atomic mass is 9.95. The lowest BCUT2D eigenvalue weighted by Gasteiger charge is -2.23. The van der Waals surface area contributed by atoms with Crippen LogP contribution in [0.15, 0.2) is 54.1 Å². The standard InChI is InChI=1S/C30H31FN2O6S/c1-5-6-15-38-22-13-9-20(10-14-22)25(34)23-24(19-7-11-21(31)12-8-19)33(28(36)26(23)35)30-32-18(4)27(40-30)29(37)39-16-17(2)3/h7-14,17,24,34H,5-6,15-16H2,1-4H3. The number of carbonyl (C=O) groups is 3. The van der Waals surface area contributed by atoms with Crippen LogP contribution in [0.5, 0.6) is 5.75 Å². The highest BCUT2D eigenvalue weighted by Crippen LogP contribution is 2.44. The number of aryl methyl sites for hydroxylation is 1. The number of thiazole rings is 1. The van der Waals surface area contributed by atoms with Gasteiger partial charge in [0.1, 0.15) is 22.2 Å². The number of nitrogens with zero attached hydrogens (tertiary/aromatic N) is 2. The molecule has 1 aliphatic heterocycles. The van der Waals surface area contributed by atoms with Gasteiger partial charge in [-0.05, 0) is 61.2 Å². The van der Waals surface area contributed by atoms with Crippen LogP contribution in [0.3, 0.4) is 0 Å². The van der Waals surface area contributed by atoms with Crippen molar-refractivity contribution in [1.82, 2.24) is 4.98 Å². The number of amides is 1. The van der Waals surface area contributed by atoms with E-state index in [1.165, 1.54) is 24.3 Å². The number of esters is 1. The molecule has 1 aromatic heterocycles. The second-order valence-corrected chi connectivity index (χ2v) is 10.8. The van der Waals surface area contributed by atoms with Gasteiger partial charge in [0.05, 0.1) is 30.5 Å². The average Bonchev–Trinajstić information content (AvgIpc) is 3.44. The number of ketones is 1. The van der Waals surface area contributed by atoms with Gasteiger partial charge in [-0.2, -0.15) is 0 Å². The first-order valence-electron chi connectivity index (χ1n) is 13.1. The number of aromatic nitrogens is 1. The number of hydrogen-bond acceptors (Lipinski definition) is 8. The van der Waals surface area contributed by atoms with Gasteiger partial charge in [0, 0.05) is 5.56 Å². The number of benzene rings is 2. The summed E-state index contributed by atoms with van der Waals surface area (Å²) in [7, 11) is 0. The molecule has 3 aromatic rings. The van der Waals surface area contributed by atoms with Crippen molar-refractivity contribution in [3.05, 3.63) is 81.6 Å². The van der Waals surface area contributed by atoms with Crippen molar-refractivity contribution < 1.29 is 33.4 Å². The molecule has 10 heteroatoms. The van der Waals surface area contributed by atoms with E-state index in [2.05, 4.69) is 11.9 Å². The molecule has 0 aliphatic carbocycles. The fourth-order valence-corrected chi connectivity index (χ4v) is 5.16. The summed E-state index contributed by atoms with van der Waals surface area (Å²) in [4.78, 5) is 45.2. The van der Waals surface area contributed by atoms with Crippen molar-refractivity contribution in [2.24, 2.45) is 5.92 Å². The third-order valence-electron chi connectivity index (χ3n) is 6.25. The molecule has 1 saturated heterocycles. The molecular formula is C30H31FN2O6S. The highest BCUT2D eigenvalue weighted by atomic mass is 32.1. The molecule has 210 valence electrons. The fraction of sp³-hybridized carbons (Fsp3) is 0.333. The largest absolute Gasteiger partial charge is 0.507 e. The van der Waals surface area contributed by atoms with E-state index < -0.39 is 29.5 Å². The molecule has 0 radical (unpaired) electrons. The smallest absolute Gasteiger partial charge is 0.350 e. The van der Waals surface area contributed by atoms with Crippen LogP contribution in [-0.2, 0) is 14.3 Å². The highest BCUT2D eigenvalue weighted by Gasteiger charge is 2.48. The first kappa shape index (κ1) is 28.9. The first-order chi connectivity index (χ1) is 19.1. The van der Waals surface area contributed by atoms with Gasteiger partial charge in [0.25, 0.3) is 5.78 Å². The summed E-state index contributed by atoms with van der Waals surface area (Å²) >= 11 is 0.917. The Kier molecular flexibility index (Phi) is 8.99. The Bertz CT molecular complexity index is 1430. The summed E-state index contributed by atoms with van der Waals surface area (Å²) < 4.78 is 24.8. The van der Waals surface area contributed by atoms with Crippen LogP contribution in [0.1, 0.15) is 66.1 Å². The van der Waals surface area contributed by atoms with Crippen molar-refractivity contribution in [2.45, 2.75) is 46.6 Å². The van der Waals surface area contributed by atoms with Crippen molar-refractivity contribution in [3.63, 3.8) is 0 Å². The number of unbranched alkanes of at least 4 members (excludes halogenated alkanes) is 1. The van der Waals surface area contributed by atoms with Gasteiger partial charge in [-0.3, -0.25) is 14.5 Å². The van der Waals surface area contributed by atoms with Gasteiger partial charge in [-0.25, -0.2) is 14.2 Å². The van der Waals surface area contributed by atoms with Crippen molar-refractivity contribution in [1.29, 1.82) is 0 Å². The Labute approximate surface area is 236 Å². The number of aliphatic hydroxyl groups excluding tert-OH is 1. The molecule has 0 spiro atoms. The van der Waals surface area contributed by atoms with E-state index in [4.69, 9.17) is 9.47 Å². The van der Waals surface area contributed by atoms with E-state index in [0.29, 0.717) is 29.2 Å². The van der Waals surface area contributed by atoms with Crippen LogP contribution in [0.4, 0.5) is 9.52 Å². The molecule has 40 heavy (non-hydrogen) atoms. The number of carbonyl (C=O) groups excluding carboxylic acids is 3. The molecule has 1 unspecified atom stereocenters. The van der Waals surface area contributed by atoms with E-state index in [1.54, 1.807) is 31.2 Å². The van der Waals surface area contributed by atoms with Crippen LogP contribution >= 0.6 is 11.3 Å². The third-order valence-corrected chi connectivity index (χ3v) is 7.39. The molecule has 1 atom stereocenters. The van der Waals surface area contributed by atoms with Gasteiger partial charge in [0.2, 0.25) is 0 Å². The number of hydrogen-bond donors (Lipinski definition) is 1. The van der Waals surface area contributed by atoms with E-state index >= 15 is 0 Å². The predicted octanol–water partition coefficient (Wildman–Crippen LogP) is 6.21. The Morgan fingerprint density at radius 1 is 1.12 bits per heavy atom. The number of Topliss-reactive ketones (excluding diaryl/α,β-unsaturated/α-hetero) is 1. The van der Waals surface area contributed by atoms with Crippen molar-refractivity contribution >= 4 is 39.9 Å². The van der Waals surface area contributed by atoms with Crippen molar-refractivity contribution in [3.8, 4) is 5.75 Å². The molecule has 8 nitrogen and oxygen atoms in total. The third kappa shape index (κ3) is 6.07. The minimum absolute atomic E-state index is 0.0872. The molecular weight excluding hydrogens is 535 g/mol. The lowest BCUT2D eigenvalue weighted by Crippen LogP contribution is -2.29. The Morgan fingerprint density at radius 2 is 1.80 bits per heavy atom. The Hall–Kier alpha value is -4.05. The molecule has 1 fully saturated rings. The topological polar surface area (TPSA) is 106 Å². The maximum atomic E-state index is 13.8.